The second kappa shape index (κ2) is 11.8. The van der Waals surface area contributed by atoms with Crippen LogP contribution in [0.3, 0.4) is 0 Å². The maximum absolute atomic E-state index is 12.3. The van der Waals surface area contributed by atoms with Gasteiger partial charge in [0.15, 0.2) is 11.7 Å². The average molecular weight is 497 g/mol. The first-order valence-corrected chi connectivity index (χ1v) is 10.9. The third kappa shape index (κ3) is 7.58. The van der Waals surface area contributed by atoms with Crippen LogP contribution in [0.15, 0.2) is 72.8 Å². The molecule has 0 atom stereocenters. The van der Waals surface area contributed by atoms with Crippen LogP contribution in [0.25, 0.3) is 0 Å². The number of amides is 3. The molecule has 0 fully saturated rings. The number of ether oxygens (including phenoxy) is 1. The molecular weight excluding hydrogens is 476 g/mol. The molecule has 0 aliphatic heterocycles. The lowest BCUT2D eigenvalue weighted by molar-refractivity contribution is -0.121. The Bertz CT molecular complexity index is 1200. The van der Waals surface area contributed by atoms with Crippen LogP contribution in [0.1, 0.15) is 26.3 Å². The zero-order valence-electron chi connectivity index (χ0n) is 18.1. The lowest BCUT2D eigenvalue weighted by Crippen LogP contribution is -2.49. The van der Waals surface area contributed by atoms with Crippen molar-refractivity contribution in [3.63, 3.8) is 0 Å². The Balaban J connectivity index is 1.42. The fourth-order valence-corrected chi connectivity index (χ4v) is 3.04. The minimum atomic E-state index is -0.504. The summed E-state index contributed by atoms with van der Waals surface area (Å²) in [5.74, 6) is -0.755. The zero-order chi connectivity index (χ0) is 24.5. The average Bonchev–Trinajstić information content (AvgIpc) is 2.82. The first-order valence-electron chi connectivity index (χ1n) is 10.1. The van der Waals surface area contributed by atoms with E-state index in [2.05, 4.69) is 21.5 Å². The molecule has 0 saturated carbocycles. The van der Waals surface area contributed by atoms with Gasteiger partial charge in [-0.1, -0.05) is 29.3 Å². The van der Waals surface area contributed by atoms with Gasteiger partial charge in [-0.15, -0.1) is 0 Å². The molecule has 3 aromatic carbocycles. The quantitative estimate of drug-likeness (QED) is 0.306. The number of benzene rings is 3. The van der Waals surface area contributed by atoms with Gasteiger partial charge in [-0.05, 0) is 79.8 Å². The minimum absolute atomic E-state index is 0.0971. The predicted octanol–water partition coefficient (Wildman–Crippen LogP) is 3.62. The van der Waals surface area contributed by atoms with Crippen molar-refractivity contribution in [1.29, 1.82) is 0 Å². The number of thiocarbonyl (C=S) groups is 1. The van der Waals surface area contributed by atoms with Crippen molar-refractivity contribution in [1.82, 2.24) is 16.2 Å². The Labute approximate surface area is 206 Å². The lowest BCUT2D eigenvalue weighted by atomic mass is 10.1. The van der Waals surface area contributed by atoms with Crippen LogP contribution in [0, 0.1) is 6.92 Å². The fourth-order valence-electron chi connectivity index (χ4n) is 2.75. The topological polar surface area (TPSA) is 109 Å². The first-order chi connectivity index (χ1) is 16.3. The van der Waals surface area contributed by atoms with Crippen LogP contribution in [-0.2, 0) is 4.79 Å². The van der Waals surface area contributed by atoms with Crippen molar-refractivity contribution in [2.75, 3.05) is 11.9 Å². The van der Waals surface area contributed by atoms with Crippen LogP contribution in [0.2, 0.25) is 5.02 Å². The van der Waals surface area contributed by atoms with E-state index in [0.29, 0.717) is 27.6 Å². The molecule has 0 aliphatic rings. The summed E-state index contributed by atoms with van der Waals surface area (Å²) in [5.41, 5.74) is 7.22. The van der Waals surface area contributed by atoms with E-state index in [1.54, 1.807) is 60.7 Å². The number of carbonyl (C=O) groups is 3. The van der Waals surface area contributed by atoms with Gasteiger partial charge < -0.3 is 10.1 Å². The Morgan fingerprint density at radius 2 is 1.59 bits per heavy atom. The number of nitrogens with one attached hydrogen (secondary N) is 4. The normalized spacial score (nSPS) is 10.1. The second-order valence-corrected chi connectivity index (χ2v) is 7.94. The number of carbonyl (C=O) groups excluding carboxylic acids is 3. The van der Waals surface area contributed by atoms with Crippen molar-refractivity contribution >= 4 is 52.3 Å². The summed E-state index contributed by atoms with van der Waals surface area (Å²) in [6, 6.07) is 20.1. The van der Waals surface area contributed by atoms with Crippen molar-refractivity contribution in [2.24, 2.45) is 0 Å². The van der Waals surface area contributed by atoms with Crippen LogP contribution >= 0.6 is 23.8 Å². The molecule has 10 heteroatoms. The third-order valence-corrected chi connectivity index (χ3v) is 4.87. The summed E-state index contributed by atoms with van der Waals surface area (Å²) in [6.07, 6.45) is 0. The van der Waals surface area contributed by atoms with Crippen LogP contribution in [-0.4, -0.2) is 29.4 Å². The van der Waals surface area contributed by atoms with Gasteiger partial charge in [0.1, 0.15) is 5.75 Å². The summed E-state index contributed by atoms with van der Waals surface area (Å²) in [5, 5.41) is 5.62. The van der Waals surface area contributed by atoms with Gasteiger partial charge in [0.2, 0.25) is 0 Å². The van der Waals surface area contributed by atoms with Gasteiger partial charge in [0, 0.05) is 21.8 Å². The monoisotopic (exact) mass is 496 g/mol. The number of anilines is 1. The molecule has 0 radical (unpaired) electrons. The van der Waals surface area contributed by atoms with E-state index in [9.17, 15) is 14.4 Å². The Hall–Kier alpha value is -3.95. The first kappa shape index (κ1) is 24.7. The molecule has 0 aliphatic carbocycles. The van der Waals surface area contributed by atoms with E-state index in [-0.39, 0.29) is 17.6 Å². The second-order valence-electron chi connectivity index (χ2n) is 7.10. The third-order valence-electron chi connectivity index (χ3n) is 4.41. The van der Waals surface area contributed by atoms with Crippen LogP contribution in [0.5, 0.6) is 5.75 Å². The number of rotatable bonds is 6. The Morgan fingerprint density at radius 3 is 2.26 bits per heavy atom. The highest BCUT2D eigenvalue weighted by molar-refractivity contribution is 7.80. The molecule has 4 N–H and O–H groups in total. The molecule has 3 amide bonds. The number of aryl methyl sites for hydroxylation is 1. The standard InChI is InChI=1S/C24H21ClN4O4S/c1-15-3-2-4-17(13-15)22(31)26-19-9-5-16(6-10-19)23(32)28-29-24(34)27-21(30)14-33-20-11-7-18(25)8-12-20/h2-13H,14H2,1H3,(H,26,31)(H,28,32)(H2,27,29,30,34). The van der Waals surface area contributed by atoms with E-state index >= 15 is 0 Å². The van der Waals surface area contributed by atoms with E-state index in [0.717, 1.165) is 5.56 Å². The van der Waals surface area contributed by atoms with Gasteiger partial charge >= 0.3 is 0 Å². The number of hydrogen-bond acceptors (Lipinski definition) is 5. The molecule has 0 heterocycles. The zero-order valence-corrected chi connectivity index (χ0v) is 19.6. The molecule has 174 valence electrons. The van der Waals surface area contributed by atoms with Gasteiger partial charge in [0.25, 0.3) is 17.7 Å². The van der Waals surface area contributed by atoms with E-state index in [1.165, 1.54) is 0 Å². The number of halogens is 1. The van der Waals surface area contributed by atoms with E-state index < -0.39 is 11.8 Å². The molecule has 8 nitrogen and oxygen atoms in total. The molecule has 0 spiro atoms. The maximum Gasteiger partial charge on any atom is 0.269 e. The fraction of sp³-hybridized carbons (Fsp3) is 0.0833. The van der Waals surface area contributed by atoms with Gasteiger partial charge in [-0.25, -0.2) is 0 Å². The van der Waals surface area contributed by atoms with Crippen molar-refractivity contribution in [3.05, 3.63) is 94.5 Å². The summed E-state index contributed by atoms with van der Waals surface area (Å²) in [6.45, 7) is 1.64. The molecule has 0 saturated heterocycles. The Morgan fingerprint density at radius 1 is 0.882 bits per heavy atom. The van der Waals surface area contributed by atoms with Crippen LogP contribution < -0.4 is 26.2 Å². The van der Waals surface area contributed by atoms with Crippen molar-refractivity contribution < 1.29 is 19.1 Å². The maximum atomic E-state index is 12.3. The molecule has 3 rings (SSSR count). The van der Waals surface area contributed by atoms with E-state index in [4.69, 9.17) is 28.6 Å². The summed E-state index contributed by atoms with van der Waals surface area (Å²) >= 11 is 10.8. The van der Waals surface area contributed by atoms with Crippen molar-refractivity contribution in [3.8, 4) is 5.75 Å². The summed E-state index contributed by atoms with van der Waals surface area (Å²) < 4.78 is 5.32. The van der Waals surface area contributed by atoms with Gasteiger partial charge in [-0.2, -0.15) is 0 Å². The Kier molecular flexibility index (Phi) is 8.55. The summed E-state index contributed by atoms with van der Waals surface area (Å²) in [4.78, 5) is 36.5. The highest BCUT2D eigenvalue weighted by Crippen LogP contribution is 2.15. The lowest BCUT2D eigenvalue weighted by Gasteiger charge is -2.12. The molecule has 0 aromatic heterocycles. The van der Waals surface area contributed by atoms with Gasteiger partial charge in [-0.3, -0.25) is 30.6 Å². The molecule has 0 bridgehead atoms. The summed E-state index contributed by atoms with van der Waals surface area (Å²) in [7, 11) is 0. The van der Waals surface area contributed by atoms with Gasteiger partial charge in [0.05, 0.1) is 0 Å². The molecule has 3 aromatic rings. The molecule has 34 heavy (non-hydrogen) atoms. The highest BCUT2D eigenvalue weighted by atomic mass is 35.5. The largest absolute Gasteiger partial charge is 0.484 e. The number of hydrogen-bond donors (Lipinski definition) is 4. The predicted molar refractivity (Wildman–Crippen MR) is 134 cm³/mol. The molecular formula is C24H21ClN4O4S. The SMILES string of the molecule is Cc1cccc(C(=O)Nc2ccc(C(=O)NNC(=S)NC(=O)COc3ccc(Cl)cc3)cc2)c1. The minimum Gasteiger partial charge on any atom is -0.484 e. The van der Waals surface area contributed by atoms with E-state index in [1.807, 2.05) is 19.1 Å². The number of hydrazine groups is 1. The van der Waals surface area contributed by atoms with Crippen LogP contribution in [0.4, 0.5) is 5.69 Å². The smallest absolute Gasteiger partial charge is 0.269 e. The van der Waals surface area contributed by atoms with Crippen molar-refractivity contribution in [2.45, 2.75) is 6.92 Å². The highest BCUT2D eigenvalue weighted by Gasteiger charge is 2.10. The molecule has 0 unspecified atom stereocenters.